The highest BCUT2D eigenvalue weighted by Crippen LogP contribution is 2.32. The van der Waals surface area contributed by atoms with Crippen LogP contribution in [0.1, 0.15) is 22.3 Å². The molecule has 0 spiro atoms. The number of amidine groups is 1. The number of amides is 2. The molecule has 4 rings (SSSR count). The molecule has 1 aliphatic heterocycles. The van der Waals surface area contributed by atoms with Gasteiger partial charge in [0.25, 0.3) is 0 Å². The zero-order valence-corrected chi connectivity index (χ0v) is 19.7. The lowest BCUT2D eigenvalue weighted by atomic mass is 10.1. The van der Waals surface area contributed by atoms with Crippen molar-refractivity contribution in [2.24, 2.45) is 4.99 Å². The van der Waals surface area contributed by atoms with Crippen molar-refractivity contribution >= 4 is 46.1 Å². The third kappa shape index (κ3) is 6.14. The van der Waals surface area contributed by atoms with Gasteiger partial charge in [-0.1, -0.05) is 36.0 Å². The number of hydrogen-bond donors (Lipinski definition) is 2. The van der Waals surface area contributed by atoms with Crippen LogP contribution in [0.2, 0.25) is 0 Å². The first-order chi connectivity index (χ1) is 17.3. The minimum Gasteiger partial charge on any atom is -0.478 e. The average molecular weight is 510 g/mol. The number of thioether (sulfide) groups is 1. The Morgan fingerprint density at radius 3 is 2.36 bits per heavy atom. The van der Waals surface area contributed by atoms with Crippen LogP contribution < -0.4 is 5.32 Å². The number of aromatic carboxylic acids is 1. The first-order valence-electron chi connectivity index (χ1n) is 11.0. The number of benzene rings is 3. The molecule has 1 aliphatic rings. The third-order valence-electron chi connectivity index (χ3n) is 5.41. The molecule has 1 saturated heterocycles. The Morgan fingerprint density at radius 2 is 1.69 bits per heavy atom. The Kier molecular flexibility index (Phi) is 7.74. The molecular weight excluding hydrogens is 488 g/mol. The van der Waals surface area contributed by atoms with Crippen LogP contribution in [0, 0.1) is 11.6 Å². The van der Waals surface area contributed by atoms with Crippen LogP contribution in [-0.4, -0.2) is 44.8 Å². The van der Waals surface area contributed by atoms with E-state index in [1.807, 2.05) is 0 Å². The number of rotatable bonds is 8. The van der Waals surface area contributed by atoms with E-state index in [0.29, 0.717) is 12.1 Å². The lowest BCUT2D eigenvalue weighted by Gasteiger charge is -2.16. The summed E-state index contributed by atoms with van der Waals surface area (Å²) in [6, 6.07) is 17.5. The fourth-order valence-electron chi connectivity index (χ4n) is 3.54. The maximum absolute atomic E-state index is 14.2. The highest BCUT2D eigenvalue weighted by atomic mass is 32.2. The van der Waals surface area contributed by atoms with Gasteiger partial charge in [0.05, 0.1) is 5.56 Å². The number of hydrogen-bond acceptors (Lipinski definition) is 5. The van der Waals surface area contributed by atoms with Crippen LogP contribution in [0.5, 0.6) is 0 Å². The summed E-state index contributed by atoms with van der Waals surface area (Å²) in [5, 5.41) is 11.1. The Hall–Kier alpha value is -4.05. The average Bonchev–Trinajstić information content (AvgIpc) is 3.14. The predicted octanol–water partition coefficient (Wildman–Crippen LogP) is 4.87. The van der Waals surface area contributed by atoms with Gasteiger partial charge in [-0.3, -0.25) is 14.5 Å². The lowest BCUT2D eigenvalue weighted by Crippen LogP contribution is -2.35. The van der Waals surface area contributed by atoms with Crippen molar-refractivity contribution in [2.45, 2.75) is 18.1 Å². The molecule has 7 nitrogen and oxygen atoms in total. The van der Waals surface area contributed by atoms with Crippen molar-refractivity contribution in [3.8, 4) is 0 Å². The number of carboxylic acid groups (broad SMARTS) is 1. The summed E-state index contributed by atoms with van der Waals surface area (Å²) < 4.78 is 27.5. The molecule has 10 heteroatoms. The number of carboxylic acids is 1. The van der Waals surface area contributed by atoms with E-state index in [1.165, 1.54) is 59.5 Å². The molecule has 0 aliphatic carbocycles. The topological polar surface area (TPSA) is 99.1 Å². The summed E-state index contributed by atoms with van der Waals surface area (Å²) in [7, 11) is 0. The molecular formula is C26H21F2N3O4S. The number of carbonyl (C=O) groups is 3. The maximum Gasteiger partial charge on any atom is 0.335 e. The van der Waals surface area contributed by atoms with E-state index < -0.39 is 22.9 Å². The van der Waals surface area contributed by atoms with Gasteiger partial charge in [-0.25, -0.2) is 18.6 Å². The van der Waals surface area contributed by atoms with Gasteiger partial charge >= 0.3 is 5.97 Å². The van der Waals surface area contributed by atoms with Gasteiger partial charge in [-0.05, 0) is 60.5 Å². The summed E-state index contributed by atoms with van der Waals surface area (Å²) in [5.41, 5.74) is 1.36. The number of carbonyl (C=O) groups excluding carboxylic acids is 2. The van der Waals surface area contributed by atoms with Crippen molar-refractivity contribution < 1.29 is 28.3 Å². The number of anilines is 1. The molecule has 3 aromatic carbocycles. The van der Waals surface area contributed by atoms with E-state index in [-0.39, 0.29) is 41.1 Å². The molecule has 2 N–H and O–H groups in total. The fraction of sp³-hybridized carbons (Fsp3) is 0.154. The molecule has 1 heterocycles. The van der Waals surface area contributed by atoms with Gasteiger partial charge in [0, 0.05) is 18.7 Å². The van der Waals surface area contributed by atoms with Gasteiger partial charge in [0.2, 0.25) is 11.8 Å². The minimum atomic E-state index is -1.08. The number of para-hydroxylation sites is 1. The Balaban J connectivity index is 1.49. The van der Waals surface area contributed by atoms with Crippen LogP contribution >= 0.6 is 11.8 Å². The van der Waals surface area contributed by atoms with Crippen LogP contribution in [0.4, 0.5) is 20.2 Å². The Morgan fingerprint density at radius 1 is 1.00 bits per heavy atom. The molecule has 0 unspecified atom stereocenters. The maximum atomic E-state index is 14.2. The van der Waals surface area contributed by atoms with Gasteiger partial charge in [0.1, 0.15) is 22.6 Å². The van der Waals surface area contributed by atoms with Crippen molar-refractivity contribution in [1.29, 1.82) is 0 Å². The lowest BCUT2D eigenvalue weighted by molar-refractivity contribution is -0.128. The molecule has 3 aromatic rings. The van der Waals surface area contributed by atoms with Crippen LogP contribution in [0.25, 0.3) is 0 Å². The van der Waals surface area contributed by atoms with Crippen molar-refractivity contribution in [3.05, 3.63) is 95.6 Å². The highest BCUT2D eigenvalue weighted by Gasteiger charge is 2.39. The van der Waals surface area contributed by atoms with E-state index in [4.69, 9.17) is 5.11 Å². The predicted molar refractivity (Wildman–Crippen MR) is 133 cm³/mol. The smallest absolute Gasteiger partial charge is 0.335 e. The van der Waals surface area contributed by atoms with E-state index in [0.717, 1.165) is 17.3 Å². The Labute approximate surface area is 209 Å². The second-order valence-electron chi connectivity index (χ2n) is 7.95. The largest absolute Gasteiger partial charge is 0.478 e. The summed E-state index contributed by atoms with van der Waals surface area (Å²) in [5.74, 6) is -2.76. The van der Waals surface area contributed by atoms with E-state index in [2.05, 4.69) is 10.3 Å². The summed E-state index contributed by atoms with van der Waals surface area (Å²) >= 11 is 1.07. The molecule has 0 saturated carbocycles. The quantitative estimate of drug-likeness (QED) is 0.452. The van der Waals surface area contributed by atoms with Gasteiger partial charge in [0.15, 0.2) is 5.17 Å². The summed E-state index contributed by atoms with van der Waals surface area (Å²) in [6.45, 7) is 0.222. The van der Waals surface area contributed by atoms with Gasteiger partial charge < -0.3 is 10.4 Å². The molecule has 1 fully saturated rings. The van der Waals surface area contributed by atoms with Crippen molar-refractivity contribution in [3.63, 3.8) is 0 Å². The number of halogens is 2. The zero-order valence-electron chi connectivity index (χ0n) is 18.9. The van der Waals surface area contributed by atoms with Crippen molar-refractivity contribution in [2.75, 3.05) is 11.9 Å². The normalized spacial score (nSPS) is 16.4. The standard InChI is InChI=1S/C26H21F2N3O4S/c27-18-9-5-16(6-10-18)13-14-31-24(33)22(36-26(31)30-21-4-2-1-3-20(21)28)15-23(32)29-19-11-7-17(8-12-19)25(34)35/h1-12,22H,13-15H2,(H,29,32)(H,34,35)/t22-/m0/s1. The van der Waals surface area contributed by atoms with E-state index in [1.54, 1.807) is 18.2 Å². The molecule has 0 radical (unpaired) electrons. The number of aliphatic imine (C=N–C) groups is 1. The molecule has 184 valence electrons. The summed E-state index contributed by atoms with van der Waals surface area (Å²) in [4.78, 5) is 42.6. The monoisotopic (exact) mass is 509 g/mol. The first kappa shape index (κ1) is 25.1. The second-order valence-corrected chi connectivity index (χ2v) is 9.12. The zero-order chi connectivity index (χ0) is 25.7. The minimum absolute atomic E-state index is 0.0724. The fourth-order valence-corrected chi connectivity index (χ4v) is 4.72. The van der Waals surface area contributed by atoms with Crippen LogP contribution in [0.3, 0.4) is 0 Å². The van der Waals surface area contributed by atoms with E-state index >= 15 is 0 Å². The number of nitrogens with one attached hydrogen (secondary N) is 1. The Bertz CT molecular complexity index is 1310. The van der Waals surface area contributed by atoms with Gasteiger partial charge in [-0.2, -0.15) is 0 Å². The summed E-state index contributed by atoms with van der Waals surface area (Å²) in [6.07, 6.45) is 0.255. The molecule has 0 bridgehead atoms. The van der Waals surface area contributed by atoms with Crippen molar-refractivity contribution in [1.82, 2.24) is 4.90 Å². The molecule has 0 aromatic heterocycles. The molecule has 2 amide bonds. The SMILES string of the molecule is O=C(C[C@@H]1SC(=Nc2ccccc2F)N(CCc2ccc(F)cc2)C1=O)Nc1ccc(C(=O)O)cc1. The van der Waals surface area contributed by atoms with E-state index in [9.17, 15) is 23.2 Å². The second kappa shape index (κ2) is 11.1. The first-order valence-corrected chi connectivity index (χ1v) is 11.9. The molecule has 1 atom stereocenters. The number of nitrogens with zero attached hydrogens (tertiary/aromatic N) is 2. The van der Waals surface area contributed by atoms with Crippen LogP contribution in [-0.2, 0) is 16.0 Å². The van der Waals surface area contributed by atoms with Crippen LogP contribution in [0.15, 0.2) is 77.8 Å². The third-order valence-corrected chi connectivity index (χ3v) is 6.59. The molecule has 36 heavy (non-hydrogen) atoms. The van der Waals surface area contributed by atoms with Gasteiger partial charge in [-0.15, -0.1) is 0 Å². The highest BCUT2D eigenvalue weighted by molar-refractivity contribution is 8.15.